The second-order valence-electron chi connectivity index (χ2n) is 5.16. The van der Waals surface area contributed by atoms with Crippen molar-refractivity contribution in [1.82, 2.24) is 0 Å². The maximum Gasteiger partial charge on any atom is 0.0475 e. The minimum Gasteiger partial charge on any atom is -0.296 e. The van der Waals surface area contributed by atoms with Crippen LogP contribution in [-0.4, -0.2) is 12.8 Å². The van der Waals surface area contributed by atoms with Crippen LogP contribution in [0.25, 0.3) is 0 Å². The van der Waals surface area contributed by atoms with E-state index in [0.29, 0.717) is 11.8 Å². The van der Waals surface area contributed by atoms with Gasteiger partial charge in [0.15, 0.2) is 0 Å². The lowest BCUT2D eigenvalue weighted by Crippen LogP contribution is -2.32. The molecule has 1 heteroatoms. The molecule has 0 atom stereocenters. The highest BCUT2D eigenvalue weighted by Crippen LogP contribution is 2.51. The van der Waals surface area contributed by atoms with Gasteiger partial charge in [-0.25, -0.2) is 0 Å². The van der Waals surface area contributed by atoms with E-state index in [0.717, 1.165) is 6.42 Å². The predicted molar refractivity (Wildman–Crippen MR) is 74.5 cm³/mol. The van der Waals surface area contributed by atoms with Crippen molar-refractivity contribution in [3.63, 3.8) is 0 Å². The van der Waals surface area contributed by atoms with Crippen molar-refractivity contribution in [1.29, 1.82) is 0 Å². The van der Waals surface area contributed by atoms with Gasteiger partial charge in [-0.1, -0.05) is 48.5 Å². The second-order valence-corrected chi connectivity index (χ2v) is 5.16. The highest BCUT2D eigenvalue weighted by Gasteiger charge is 2.40. The molecule has 2 aromatic carbocycles. The van der Waals surface area contributed by atoms with Gasteiger partial charge in [-0.2, -0.15) is 0 Å². The number of rotatable bonds is 0. The first-order valence-corrected chi connectivity index (χ1v) is 6.53. The Kier molecular flexibility index (Phi) is 1.99. The zero-order chi connectivity index (χ0) is 12.1. The molecule has 18 heavy (non-hydrogen) atoms. The Balaban J connectivity index is 2.06. The van der Waals surface area contributed by atoms with E-state index in [4.69, 9.17) is 0 Å². The summed E-state index contributed by atoms with van der Waals surface area (Å²) in [6, 6.07) is 17.7. The number of hydrogen-bond donors (Lipinski definition) is 0. The summed E-state index contributed by atoms with van der Waals surface area (Å²) in [6.07, 6.45) is 1.09. The Hall–Kier alpha value is -1.89. The molecular formula is C17H15N. The van der Waals surface area contributed by atoms with Crippen molar-refractivity contribution in [2.24, 2.45) is 4.99 Å². The van der Waals surface area contributed by atoms with Crippen LogP contribution in [0.15, 0.2) is 53.5 Å². The molecule has 88 valence electrons. The van der Waals surface area contributed by atoms with E-state index < -0.39 is 0 Å². The average Bonchev–Trinajstić information content (AvgIpc) is 2.47. The van der Waals surface area contributed by atoms with E-state index in [-0.39, 0.29) is 0 Å². The minimum atomic E-state index is 0.396. The quantitative estimate of drug-likeness (QED) is 0.657. The van der Waals surface area contributed by atoms with Gasteiger partial charge in [0.1, 0.15) is 0 Å². The van der Waals surface area contributed by atoms with Crippen molar-refractivity contribution in [2.45, 2.75) is 18.3 Å². The molecule has 5 rings (SSSR count). The summed E-state index contributed by atoms with van der Waals surface area (Å²) >= 11 is 0. The molecule has 0 fully saturated rings. The van der Waals surface area contributed by atoms with Crippen LogP contribution in [0.3, 0.4) is 0 Å². The molecular weight excluding hydrogens is 218 g/mol. The summed E-state index contributed by atoms with van der Waals surface area (Å²) in [5, 5.41) is 0. The van der Waals surface area contributed by atoms with Crippen LogP contribution in [0.4, 0.5) is 0 Å². The highest BCUT2D eigenvalue weighted by atomic mass is 14.7. The third-order valence-corrected chi connectivity index (χ3v) is 4.40. The summed E-state index contributed by atoms with van der Waals surface area (Å²) in [7, 11) is 1.93. The monoisotopic (exact) mass is 233 g/mol. The van der Waals surface area contributed by atoms with E-state index in [1.54, 1.807) is 0 Å². The van der Waals surface area contributed by atoms with Gasteiger partial charge in [-0.05, 0) is 28.7 Å². The van der Waals surface area contributed by atoms with E-state index in [1.165, 1.54) is 28.0 Å². The van der Waals surface area contributed by atoms with Crippen molar-refractivity contribution in [3.05, 3.63) is 70.8 Å². The Morgan fingerprint density at radius 1 is 0.833 bits per heavy atom. The van der Waals surface area contributed by atoms with Gasteiger partial charge in [-0.15, -0.1) is 0 Å². The fourth-order valence-electron chi connectivity index (χ4n) is 3.64. The SMILES string of the molecule is CN=C1CC2c3ccccc3C1c1ccccc12. The topological polar surface area (TPSA) is 12.4 Å². The maximum atomic E-state index is 4.54. The molecule has 0 N–H and O–H groups in total. The molecule has 3 aliphatic carbocycles. The van der Waals surface area contributed by atoms with Crippen molar-refractivity contribution in [2.75, 3.05) is 7.05 Å². The van der Waals surface area contributed by atoms with Gasteiger partial charge in [-0.3, -0.25) is 4.99 Å². The van der Waals surface area contributed by atoms with Gasteiger partial charge in [0, 0.05) is 24.6 Å². The molecule has 3 aliphatic rings. The second kappa shape index (κ2) is 3.55. The molecule has 0 radical (unpaired) electrons. The third kappa shape index (κ3) is 1.14. The third-order valence-electron chi connectivity index (χ3n) is 4.40. The summed E-state index contributed by atoms with van der Waals surface area (Å²) in [5.41, 5.74) is 7.29. The molecule has 0 saturated carbocycles. The number of nitrogens with zero attached hydrogens (tertiary/aromatic N) is 1. The van der Waals surface area contributed by atoms with Gasteiger partial charge in [0.05, 0.1) is 0 Å². The van der Waals surface area contributed by atoms with E-state index in [9.17, 15) is 0 Å². The number of aliphatic imine (C=N–C) groups is 1. The van der Waals surface area contributed by atoms with Crippen LogP contribution in [0, 0.1) is 0 Å². The Bertz CT molecular complexity index is 607. The summed E-state index contributed by atoms with van der Waals surface area (Å²) < 4.78 is 0. The lowest BCUT2D eigenvalue weighted by Gasteiger charge is -2.41. The zero-order valence-electron chi connectivity index (χ0n) is 10.4. The fourth-order valence-corrected chi connectivity index (χ4v) is 3.64. The van der Waals surface area contributed by atoms with E-state index in [1.807, 2.05) is 7.05 Å². The molecule has 0 heterocycles. The van der Waals surface area contributed by atoms with E-state index in [2.05, 4.69) is 53.5 Å². The van der Waals surface area contributed by atoms with Crippen molar-refractivity contribution < 1.29 is 0 Å². The molecule has 0 unspecified atom stereocenters. The van der Waals surface area contributed by atoms with Crippen LogP contribution >= 0.6 is 0 Å². The molecule has 2 aromatic rings. The normalized spacial score (nSPS) is 25.9. The number of hydrogen-bond acceptors (Lipinski definition) is 1. The number of benzene rings is 2. The van der Waals surface area contributed by atoms with Crippen molar-refractivity contribution in [3.8, 4) is 0 Å². The molecule has 1 nitrogen and oxygen atoms in total. The fraction of sp³-hybridized carbons (Fsp3) is 0.235. The molecule has 0 amide bonds. The Morgan fingerprint density at radius 3 is 1.83 bits per heavy atom. The number of fused-ring (bicyclic) bond motifs is 1. The van der Waals surface area contributed by atoms with Gasteiger partial charge in [0.2, 0.25) is 0 Å². The first-order valence-electron chi connectivity index (χ1n) is 6.53. The van der Waals surface area contributed by atoms with Crippen LogP contribution < -0.4 is 0 Å². The average molecular weight is 233 g/mol. The summed E-state index contributed by atoms with van der Waals surface area (Å²) in [6.45, 7) is 0. The first-order chi connectivity index (χ1) is 8.90. The molecule has 0 spiro atoms. The molecule has 0 saturated heterocycles. The van der Waals surface area contributed by atoms with Crippen LogP contribution in [0.5, 0.6) is 0 Å². The standard InChI is InChI=1S/C17H15N/c1-18-16-10-15-11-6-2-4-8-13(11)17(16)14-9-5-3-7-12(14)15/h2-9,15,17H,10H2,1H3. The van der Waals surface area contributed by atoms with Gasteiger partial charge >= 0.3 is 0 Å². The van der Waals surface area contributed by atoms with Gasteiger partial charge in [0.25, 0.3) is 0 Å². The smallest absolute Gasteiger partial charge is 0.0475 e. The molecule has 2 bridgehead atoms. The van der Waals surface area contributed by atoms with Crippen molar-refractivity contribution >= 4 is 5.71 Å². The Labute approximate surface area is 107 Å². The molecule has 0 aromatic heterocycles. The van der Waals surface area contributed by atoms with Crippen LogP contribution in [0.1, 0.15) is 40.5 Å². The Morgan fingerprint density at radius 2 is 1.33 bits per heavy atom. The minimum absolute atomic E-state index is 0.396. The summed E-state index contributed by atoms with van der Waals surface area (Å²) in [5.74, 6) is 0.911. The zero-order valence-corrected chi connectivity index (χ0v) is 10.4. The lowest BCUT2D eigenvalue weighted by molar-refractivity contribution is 0.717. The predicted octanol–water partition coefficient (Wildman–Crippen LogP) is 3.74. The largest absolute Gasteiger partial charge is 0.296 e. The first kappa shape index (κ1) is 10.1. The van der Waals surface area contributed by atoms with Crippen LogP contribution in [0.2, 0.25) is 0 Å². The van der Waals surface area contributed by atoms with Crippen LogP contribution in [-0.2, 0) is 0 Å². The summed E-state index contributed by atoms with van der Waals surface area (Å²) in [4.78, 5) is 4.54. The maximum absolute atomic E-state index is 4.54. The lowest BCUT2D eigenvalue weighted by atomic mass is 9.63. The van der Waals surface area contributed by atoms with E-state index >= 15 is 0 Å². The molecule has 0 aliphatic heterocycles. The van der Waals surface area contributed by atoms with Gasteiger partial charge < -0.3 is 0 Å². The highest BCUT2D eigenvalue weighted by molar-refractivity contribution is 5.99.